The van der Waals surface area contributed by atoms with Crippen molar-refractivity contribution in [2.24, 2.45) is 0 Å². The number of anilines is 1. The lowest BCUT2D eigenvalue weighted by Crippen LogP contribution is -2.27. The number of nitrogens with one attached hydrogen (secondary N) is 1. The van der Waals surface area contributed by atoms with Crippen LogP contribution >= 0.6 is 0 Å². The molecule has 0 fully saturated rings. The standard InChI is InChI=1S/C28H26N4O2/c1-19(2)32-28(34)22-12-7-6-11-21(22)25(30-32)17-27(33)29-24-13-8-14-26-23(24)15-16-31(26)18-20-9-4-3-5-10-20/h3-16,19H,17-18H2,1-2H3,(H,29,33). The van der Waals surface area contributed by atoms with E-state index in [0.29, 0.717) is 16.5 Å². The molecule has 2 heterocycles. The first kappa shape index (κ1) is 21.6. The van der Waals surface area contributed by atoms with E-state index < -0.39 is 0 Å². The Bertz CT molecular complexity index is 1550. The Morgan fingerprint density at radius 1 is 0.882 bits per heavy atom. The van der Waals surface area contributed by atoms with Gasteiger partial charge in [-0.15, -0.1) is 0 Å². The van der Waals surface area contributed by atoms with Gasteiger partial charge >= 0.3 is 0 Å². The maximum atomic E-state index is 13.1. The highest BCUT2D eigenvalue weighted by Gasteiger charge is 2.16. The molecule has 170 valence electrons. The molecule has 6 nitrogen and oxygen atoms in total. The number of fused-ring (bicyclic) bond motifs is 2. The molecule has 1 N–H and O–H groups in total. The van der Waals surface area contributed by atoms with Crippen LogP contribution in [-0.4, -0.2) is 20.3 Å². The van der Waals surface area contributed by atoms with Crippen LogP contribution in [0.2, 0.25) is 0 Å². The van der Waals surface area contributed by atoms with Gasteiger partial charge in [0, 0.05) is 23.5 Å². The minimum absolute atomic E-state index is 0.0780. The van der Waals surface area contributed by atoms with Gasteiger partial charge in [0.15, 0.2) is 0 Å². The summed E-state index contributed by atoms with van der Waals surface area (Å²) in [7, 11) is 0. The van der Waals surface area contributed by atoms with Crippen molar-refractivity contribution in [3.63, 3.8) is 0 Å². The fourth-order valence-electron chi connectivity index (χ4n) is 4.35. The molecule has 0 atom stereocenters. The number of hydrogen-bond donors (Lipinski definition) is 1. The Morgan fingerprint density at radius 2 is 1.62 bits per heavy atom. The molecule has 0 bridgehead atoms. The van der Waals surface area contributed by atoms with Crippen LogP contribution in [0, 0.1) is 0 Å². The highest BCUT2D eigenvalue weighted by atomic mass is 16.1. The van der Waals surface area contributed by atoms with Crippen molar-refractivity contribution < 1.29 is 4.79 Å². The second-order valence-corrected chi connectivity index (χ2v) is 8.73. The fourth-order valence-corrected chi connectivity index (χ4v) is 4.35. The third kappa shape index (κ3) is 4.10. The summed E-state index contributed by atoms with van der Waals surface area (Å²) >= 11 is 0. The average molecular weight is 451 g/mol. The van der Waals surface area contributed by atoms with Crippen LogP contribution in [0.25, 0.3) is 21.7 Å². The van der Waals surface area contributed by atoms with E-state index in [1.54, 1.807) is 6.07 Å². The second kappa shape index (κ2) is 8.98. The molecular weight excluding hydrogens is 424 g/mol. The quantitative estimate of drug-likeness (QED) is 0.388. The monoisotopic (exact) mass is 450 g/mol. The number of carbonyl (C=O) groups is 1. The largest absolute Gasteiger partial charge is 0.343 e. The zero-order valence-electron chi connectivity index (χ0n) is 19.2. The van der Waals surface area contributed by atoms with Crippen LogP contribution < -0.4 is 10.9 Å². The summed E-state index contributed by atoms with van der Waals surface area (Å²) in [4.78, 5) is 25.9. The first-order chi connectivity index (χ1) is 16.5. The van der Waals surface area contributed by atoms with Gasteiger partial charge in [-0.05, 0) is 43.7 Å². The summed E-state index contributed by atoms with van der Waals surface area (Å²) < 4.78 is 3.63. The Balaban J connectivity index is 1.43. The topological polar surface area (TPSA) is 68.9 Å². The van der Waals surface area contributed by atoms with Crippen LogP contribution in [0.15, 0.2) is 89.9 Å². The van der Waals surface area contributed by atoms with Crippen molar-refractivity contribution >= 4 is 33.3 Å². The molecular formula is C28H26N4O2. The lowest BCUT2D eigenvalue weighted by molar-refractivity contribution is -0.115. The minimum Gasteiger partial charge on any atom is -0.343 e. The van der Waals surface area contributed by atoms with Crippen LogP contribution in [-0.2, 0) is 17.8 Å². The molecule has 3 aromatic carbocycles. The number of aromatic nitrogens is 3. The Labute approximate surface area is 197 Å². The van der Waals surface area contributed by atoms with E-state index in [2.05, 4.69) is 33.2 Å². The van der Waals surface area contributed by atoms with Gasteiger partial charge in [0.2, 0.25) is 5.91 Å². The summed E-state index contributed by atoms with van der Waals surface area (Å²) in [6.45, 7) is 4.58. The predicted molar refractivity (Wildman–Crippen MR) is 136 cm³/mol. The number of amides is 1. The van der Waals surface area contributed by atoms with Crippen LogP contribution in [0.4, 0.5) is 5.69 Å². The number of carbonyl (C=O) groups excluding carboxylic acids is 1. The van der Waals surface area contributed by atoms with E-state index in [0.717, 1.165) is 23.1 Å². The SMILES string of the molecule is CC(C)n1nc(CC(=O)Nc2cccc3c2ccn3Cc2ccccc2)c2ccccc2c1=O. The van der Waals surface area contributed by atoms with Crippen molar-refractivity contribution in [2.75, 3.05) is 5.32 Å². The molecule has 0 radical (unpaired) electrons. The first-order valence-corrected chi connectivity index (χ1v) is 11.4. The molecule has 0 aliphatic heterocycles. The average Bonchev–Trinajstić information content (AvgIpc) is 3.25. The van der Waals surface area contributed by atoms with Crippen molar-refractivity contribution in [2.45, 2.75) is 32.9 Å². The Hall–Kier alpha value is -4.19. The molecule has 0 saturated heterocycles. The maximum Gasteiger partial charge on any atom is 0.274 e. The van der Waals surface area contributed by atoms with Crippen molar-refractivity contribution in [1.29, 1.82) is 0 Å². The van der Waals surface area contributed by atoms with Crippen molar-refractivity contribution in [1.82, 2.24) is 14.3 Å². The predicted octanol–water partition coefficient (Wildman–Crippen LogP) is 5.16. The van der Waals surface area contributed by atoms with Gasteiger partial charge in [-0.3, -0.25) is 9.59 Å². The van der Waals surface area contributed by atoms with Gasteiger partial charge < -0.3 is 9.88 Å². The van der Waals surface area contributed by atoms with Gasteiger partial charge in [0.25, 0.3) is 5.56 Å². The number of hydrogen-bond acceptors (Lipinski definition) is 3. The molecule has 0 saturated carbocycles. The molecule has 0 aliphatic carbocycles. The normalized spacial score (nSPS) is 11.4. The summed E-state index contributed by atoms with van der Waals surface area (Å²) in [5.41, 5.74) is 3.48. The molecule has 5 aromatic rings. The number of nitrogens with zero attached hydrogens (tertiary/aromatic N) is 3. The zero-order valence-corrected chi connectivity index (χ0v) is 19.2. The van der Waals surface area contributed by atoms with Crippen molar-refractivity contribution in [3.05, 3.63) is 107 Å². The molecule has 2 aromatic heterocycles. The molecule has 1 amide bonds. The van der Waals surface area contributed by atoms with Gasteiger partial charge in [-0.2, -0.15) is 5.10 Å². The van der Waals surface area contributed by atoms with E-state index in [-0.39, 0.29) is 23.9 Å². The molecule has 0 unspecified atom stereocenters. The van der Waals surface area contributed by atoms with Crippen LogP contribution in [0.1, 0.15) is 31.1 Å². The lowest BCUT2D eigenvalue weighted by atomic mass is 10.1. The van der Waals surface area contributed by atoms with Gasteiger partial charge in [0.1, 0.15) is 0 Å². The molecule has 0 spiro atoms. The molecule has 34 heavy (non-hydrogen) atoms. The van der Waals surface area contributed by atoms with Gasteiger partial charge in [-0.1, -0.05) is 54.6 Å². The summed E-state index contributed by atoms with van der Waals surface area (Å²) in [6, 6.07) is 25.5. The fraction of sp³-hybridized carbons (Fsp3) is 0.179. The van der Waals surface area contributed by atoms with Gasteiger partial charge in [-0.25, -0.2) is 4.68 Å². The third-order valence-corrected chi connectivity index (χ3v) is 6.01. The summed E-state index contributed by atoms with van der Waals surface area (Å²) in [6.07, 6.45) is 2.12. The summed E-state index contributed by atoms with van der Waals surface area (Å²) in [5.74, 6) is -0.171. The third-order valence-electron chi connectivity index (χ3n) is 6.01. The van der Waals surface area contributed by atoms with E-state index in [4.69, 9.17) is 0 Å². The second-order valence-electron chi connectivity index (χ2n) is 8.73. The molecule has 0 aliphatic rings. The van der Waals surface area contributed by atoms with Crippen molar-refractivity contribution in [3.8, 4) is 0 Å². The minimum atomic E-state index is -0.171. The zero-order chi connectivity index (χ0) is 23.7. The van der Waals surface area contributed by atoms with E-state index >= 15 is 0 Å². The van der Waals surface area contributed by atoms with Gasteiger partial charge in [0.05, 0.1) is 34.7 Å². The lowest BCUT2D eigenvalue weighted by Gasteiger charge is -2.14. The Kier molecular flexibility index (Phi) is 5.72. The van der Waals surface area contributed by atoms with E-state index in [1.807, 2.05) is 74.6 Å². The highest BCUT2D eigenvalue weighted by molar-refractivity contribution is 6.03. The Morgan fingerprint density at radius 3 is 2.38 bits per heavy atom. The highest BCUT2D eigenvalue weighted by Crippen LogP contribution is 2.26. The van der Waals surface area contributed by atoms with E-state index in [1.165, 1.54) is 10.2 Å². The van der Waals surface area contributed by atoms with Crippen LogP contribution in [0.5, 0.6) is 0 Å². The summed E-state index contributed by atoms with van der Waals surface area (Å²) in [5, 5.41) is 9.87. The molecule has 6 heteroatoms. The number of rotatable bonds is 6. The maximum absolute atomic E-state index is 13.1. The van der Waals surface area contributed by atoms with E-state index in [9.17, 15) is 9.59 Å². The van der Waals surface area contributed by atoms with Crippen LogP contribution in [0.3, 0.4) is 0 Å². The smallest absolute Gasteiger partial charge is 0.274 e. The first-order valence-electron chi connectivity index (χ1n) is 11.4. The molecule has 5 rings (SSSR count). The number of benzene rings is 3.